The number of aryl methyl sites for hydroxylation is 2. The number of fused-ring (bicyclic) bond motifs is 6. The fourth-order valence-electron chi connectivity index (χ4n) is 6.16. The Morgan fingerprint density at radius 2 is 1.84 bits per heavy atom. The predicted molar refractivity (Wildman–Crippen MR) is 162 cm³/mol. The molecule has 0 atom stereocenters. The largest absolute Gasteiger partial charge is 0.493 e. The first-order chi connectivity index (χ1) is 21.6. The SMILES string of the molecule is COc1ccc2cc3[n+](cc2c1OCc1nc2ccccc2n1Cc1ccc([N+](=O)[O-])cc1)CCc1cc2c(cc1-3)OCO2. The molecular formula is C34H27N4O6+. The maximum Gasteiger partial charge on any atom is 0.269 e. The molecule has 0 N–H and O–H groups in total. The molecule has 44 heavy (non-hydrogen) atoms. The van der Waals surface area contributed by atoms with E-state index in [2.05, 4.69) is 33.5 Å². The normalized spacial score (nSPS) is 13.1. The van der Waals surface area contributed by atoms with E-state index in [9.17, 15) is 10.1 Å². The number of imidazole rings is 1. The molecule has 0 aliphatic carbocycles. The van der Waals surface area contributed by atoms with Crippen LogP contribution in [0.4, 0.5) is 5.69 Å². The molecule has 8 rings (SSSR count). The molecule has 4 aromatic carbocycles. The molecule has 0 fully saturated rings. The van der Waals surface area contributed by atoms with Crippen molar-refractivity contribution in [1.82, 2.24) is 9.55 Å². The summed E-state index contributed by atoms with van der Waals surface area (Å²) in [5.41, 5.74) is 6.28. The number of benzene rings is 4. The van der Waals surface area contributed by atoms with E-state index in [1.165, 1.54) is 17.7 Å². The fourth-order valence-corrected chi connectivity index (χ4v) is 6.16. The molecule has 0 radical (unpaired) electrons. The third-order valence-corrected chi connectivity index (χ3v) is 8.36. The molecule has 0 bridgehead atoms. The summed E-state index contributed by atoms with van der Waals surface area (Å²) in [4.78, 5) is 15.6. The zero-order chi connectivity index (χ0) is 29.8. The minimum absolute atomic E-state index is 0.0608. The van der Waals surface area contributed by atoms with Gasteiger partial charge < -0.3 is 23.5 Å². The van der Waals surface area contributed by atoms with E-state index in [1.807, 2.05) is 36.4 Å². The Kier molecular flexibility index (Phi) is 6.07. The van der Waals surface area contributed by atoms with Crippen molar-refractivity contribution >= 4 is 27.5 Å². The van der Waals surface area contributed by atoms with Crippen LogP contribution in [0.25, 0.3) is 33.1 Å². The standard InChI is InChI=1S/C34H27N4O6/c1-41-30-11-8-22-14-29-25-16-32-31(43-20-44-32)15-23(25)12-13-36(29)18-26(22)34(30)42-19-33-35-27-4-2-3-5-28(27)37(33)17-21-6-9-24(10-7-21)38(39)40/h2-11,14-16,18H,12-13,17,19-20H2,1H3/q+1. The third kappa shape index (κ3) is 4.34. The van der Waals surface area contributed by atoms with Crippen molar-refractivity contribution in [2.24, 2.45) is 0 Å². The van der Waals surface area contributed by atoms with Crippen LogP contribution in [-0.4, -0.2) is 28.4 Å². The number of nitrogens with zero attached hydrogens (tertiary/aromatic N) is 4. The first kappa shape index (κ1) is 26.0. The number of hydrogen-bond donors (Lipinski definition) is 0. The summed E-state index contributed by atoms with van der Waals surface area (Å²) in [6, 6.07) is 24.8. The number of hydrogen-bond acceptors (Lipinski definition) is 7. The third-order valence-electron chi connectivity index (χ3n) is 8.36. The molecule has 0 amide bonds. The summed E-state index contributed by atoms with van der Waals surface area (Å²) >= 11 is 0. The molecule has 10 nitrogen and oxygen atoms in total. The molecule has 2 aliphatic rings. The van der Waals surface area contributed by atoms with E-state index in [4.69, 9.17) is 23.9 Å². The predicted octanol–water partition coefficient (Wildman–Crippen LogP) is 5.97. The van der Waals surface area contributed by atoms with Crippen molar-refractivity contribution in [2.75, 3.05) is 13.9 Å². The van der Waals surface area contributed by atoms with Gasteiger partial charge in [-0.3, -0.25) is 10.1 Å². The van der Waals surface area contributed by atoms with E-state index in [-0.39, 0.29) is 19.1 Å². The minimum Gasteiger partial charge on any atom is -0.493 e. The van der Waals surface area contributed by atoms with Crippen LogP contribution in [0.3, 0.4) is 0 Å². The number of para-hydroxylation sites is 2. The molecule has 0 saturated carbocycles. The quantitative estimate of drug-likeness (QED) is 0.129. The van der Waals surface area contributed by atoms with Gasteiger partial charge in [-0.2, -0.15) is 4.57 Å². The number of nitro groups is 1. The van der Waals surface area contributed by atoms with Crippen LogP contribution in [0.2, 0.25) is 0 Å². The average Bonchev–Trinajstić information content (AvgIpc) is 3.65. The van der Waals surface area contributed by atoms with Gasteiger partial charge in [0.05, 0.1) is 34.0 Å². The monoisotopic (exact) mass is 587 g/mol. The average molecular weight is 588 g/mol. The lowest BCUT2D eigenvalue weighted by Gasteiger charge is -2.18. The molecule has 10 heteroatoms. The second-order valence-electron chi connectivity index (χ2n) is 10.9. The van der Waals surface area contributed by atoms with Crippen LogP contribution in [0, 0.1) is 10.1 Å². The minimum atomic E-state index is -0.392. The molecule has 0 unspecified atom stereocenters. The summed E-state index contributed by atoms with van der Waals surface area (Å²) in [6.07, 6.45) is 3.01. The summed E-state index contributed by atoms with van der Waals surface area (Å²) in [7, 11) is 1.64. The summed E-state index contributed by atoms with van der Waals surface area (Å²) in [6.45, 7) is 1.76. The van der Waals surface area contributed by atoms with Crippen LogP contribution in [-0.2, 0) is 26.1 Å². The molecule has 6 aromatic rings. The topological polar surface area (TPSA) is 102 Å². The maximum atomic E-state index is 11.2. The van der Waals surface area contributed by atoms with Crippen molar-refractivity contribution in [3.63, 3.8) is 0 Å². The van der Waals surface area contributed by atoms with Crippen LogP contribution < -0.4 is 23.5 Å². The lowest BCUT2D eigenvalue weighted by atomic mass is 9.95. The Morgan fingerprint density at radius 3 is 2.66 bits per heavy atom. The number of pyridine rings is 1. The van der Waals surface area contributed by atoms with E-state index in [1.54, 1.807) is 19.2 Å². The Labute approximate surface area is 251 Å². The van der Waals surface area contributed by atoms with Crippen LogP contribution in [0.1, 0.15) is 17.0 Å². The molecule has 2 aromatic heterocycles. The molecule has 4 heterocycles. The number of ether oxygens (including phenoxy) is 4. The molecule has 0 spiro atoms. The van der Waals surface area contributed by atoms with Gasteiger partial charge in [-0.05, 0) is 52.9 Å². The van der Waals surface area contributed by atoms with Crippen LogP contribution in [0.5, 0.6) is 23.0 Å². The second-order valence-corrected chi connectivity index (χ2v) is 10.9. The second kappa shape index (κ2) is 10.3. The Bertz CT molecular complexity index is 2100. The van der Waals surface area contributed by atoms with Crippen molar-refractivity contribution < 1.29 is 28.4 Å². The van der Waals surface area contributed by atoms with Gasteiger partial charge >= 0.3 is 0 Å². The molecular weight excluding hydrogens is 560 g/mol. The van der Waals surface area contributed by atoms with Crippen molar-refractivity contribution in [3.8, 4) is 34.3 Å². The summed E-state index contributed by atoms with van der Waals surface area (Å²) in [5.74, 6) is 3.59. The highest BCUT2D eigenvalue weighted by Gasteiger charge is 2.29. The lowest BCUT2D eigenvalue weighted by molar-refractivity contribution is -0.686. The van der Waals surface area contributed by atoms with Gasteiger partial charge in [0.25, 0.3) is 5.69 Å². The van der Waals surface area contributed by atoms with Crippen molar-refractivity contribution in [3.05, 3.63) is 112 Å². The van der Waals surface area contributed by atoms with E-state index >= 15 is 0 Å². The number of nitro benzene ring substituents is 1. The zero-order valence-corrected chi connectivity index (χ0v) is 23.9. The van der Waals surface area contributed by atoms with Crippen molar-refractivity contribution in [1.29, 1.82) is 0 Å². The highest BCUT2D eigenvalue weighted by Crippen LogP contribution is 2.42. The van der Waals surface area contributed by atoms with Gasteiger partial charge in [0.2, 0.25) is 12.5 Å². The summed E-state index contributed by atoms with van der Waals surface area (Å²) < 4.78 is 27.9. The first-order valence-electron chi connectivity index (χ1n) is 14.3. The molecule has 2 aliphatic heterocycles. The summed E-state index contributed by atoms with van der Waals surface area (Å²) in [5, 5.41) is 13.1. The van der Waals surface area contributed by atoms with E-state index < -0.39 is 4.92 Å². The van der Waals surface area contributed by atoms with Gasteiger partial charge in [-0.1, -0.05) is 24.3 Å². The van der Waals surface area contributed by atoms with Gasteiger partial charge in [0, 0.05) is 31.2 Å². The zero-order valence-electron chi connectivity index (χ0n) is 23.9. The lowest BCUT2D eigenvalue weighted by Crippen LogP contribution is -2.40. The van der Waals surface area contributed by atoms with E-state index in [0.29, 0.717) is 18.0 Å². The first-order valence-corrected chi connectivity index (χ1v) is 14.3. The molecule has 0 saturated heterocycles. The number of rotatable bonds is 7. The van der Waals surface area contributed by atoms with Gasteiger partial charge in [0.15, 0.2) is 35.7 Å². The fraction of sp³-hybridized carbons (Fsp3) is 0.176. The maximum absolute atomic E-state index is 11.2. The Hall–Kier alpha value is -5.64. The highest BCUT2D eigenvalue weighted by molar-refractivity contribution is 5.92. The van der Waals surface area contributed by atoms with Crippen LogP contribution in [0.15, 0.2) is 85.1 Å². The molecule has 218 valence electrons. The van der Waals surface area contributed by atoms with Gasteiger partial charge in [-0.25, -0.2) is 4.98 Å². The number of non-ortho nitro benzene ring substituents is 1. The van der Waals surface area contributed by atoms with Crippen LogP contribution >= 0.6 is 0 Å². The Morgan fingerprint density at radius 1 is 1.02 bits per heavy atom. The smallest absolute Gasteiger partial charge is 0.269 e. The van der Waals surface area contributed by atoms with Crippen molar-refractivity contribution in [2.45, 2.75) is 26.1 Å². The highest BCUT2D eigenvalue weighted by atomic mass is 16.7. The van der Waals surface area contributed by atoms with E-state index in [0.717, 1.165) is 68.9 Å². The Balaban J connectivity index is 1.16. The number of methoxy groups -OCH3 is 1. The van der Waals surface area contributed by atoms with Gasteiger partial charge in [0.1, 0.15) is 12.4 Å². The number of aromatic nitrogens is 3. The van der Waals surface area contributed by atoms with Gasteiger partial charge in [-0.15, -0.1) is 0 Å².